The highest BCUT2D eigenvalue weighted by atomic mass is 16.5. The van der Waals surface area contributed by atoms with E-state index in [4.69, 9.17) is 4.74 Å². The Labute approximate surface area is 171 Å². The van der Waals surface area contributed by atoms with Crippen LogP contribution in [-0.4, -0.2) is 22.6 Å². The molecule has 0 saturated carbocycles. The van der Waals surface area contributed by atoms with E-state index in [2.05, 4.69) is 28.5 Å². The van der Waals surface area contributed by atoms with E-state index >= 15 is 0 Å². The van der Waals surface area contributed by atoms with Crippen LogP contribution in [0.25, 0.3) is 11.8 Å². The van der Waals surface area contributed by atoms with E-state index in [-0.39, 0.29) is 11.9 Å². The van der Waals surface area contributed by atoms with Crippen LogP contribution in [0.1, 0.15) is 41.8 Å². The number of aromatic nitrogens is 2. The van der Waals surface area contributed by atoms with Crippen molar-refractivity contribution in [2.24, 2.45) is 0 Å². The van der Waals surface area contributed by atoms with Crippen molar-refractivity contribution in [1.82, 2.24) is 14.9 Å². The number of hydrogen-bond donors (Lipinski definition) is 1. The summed E-state index contributed by atoms with van der Waals surface area (Å²) in [6.07, 6.45) is 7.56. The maximum Gasteiger partial charge on any atom is 0.247 e. The number of aryl methyl sites for hydroxylation is 2. The van der Waals surface area contributed by atoms with Crippen LogP contribution >= 0.6 is 0 Å². The van der Waals surface area contributed by atoms with Crippen LogP contribution in [0.2, 0.25) is 0 Å². The molecule has 3 aromatic rings. The fourth-order valence-electron chi connectivity index (χ4n) is 3.84. The molecule has 29 heavy (non-hydrogen) atoms. The zero-order valence-electron chi connectivity index (χ0n) is 17.0. The standard InChI is InChI=1S/C24H25N3O2/c1-16(24(28)26-21-10-9-19-6-4-5-7-20(19)21)12-18-8-11-22(23(13-18)29-3)27-14-17(2)25-15-27/h4-8,11-15,21H,9-10H2,1-3H3,(H,26,28)/b16-12+. The molecule has 1 unspecified atom stereocenters. The third-order valence-electron chi connectivity index (χ3n) is 5.37. The van der Waals surface area contributed by atoms with Crippen molar-refractivity contribution >= 4 is 12.0 Å². The highest BCUT2D eigenvalue weighted by Crippen LogP contribution is 2.31. The minimum atomic E-state index is -0.0417. The molecular weight excluding hydrogens is 362 g/mol. The number of methoxy groups -OCH3 is 1. The van der Waals surface area contributed by atoms with Gasteiger partial charge in [0.25, 0.3) is 0 Å². The molecule has 0 saturated heterocycles. The summed E-state index contributed by atoms with van der Waals surface area (Å²) < 4.78 is 7.49. The van der Waals surface area contributed by atoms with Gasteiger partial charge in [-0.15, -0.1) is 0 Å². The molecule has 148 valence electrons. The van der Waals surface area contributed by atoms with Crippen molar-refractivity contribution in [3.63, 3.8) is 0 Å². The molecule has 4 rings (SSSR count). The average Bonchev–Trinajstić information content (AvgIpc) is 3.34. The quantitative estimate of drug-likeness (QED) is 0.661. The van der Waals surface area contributed by atoms with Gasteiger partial charge in [0, 0.05) is 11.8 Å². The van der Waals surface area contributed by atoms with Crippen molar-refractivity contribution in [1.29, 1.82) is 0 Å². The predicted molar refractivity (Wildman–Crippen MR) is 114 cm³/mol. The number of carbonyl (C=O) groups excluding carboxylic acids is 1. The summed E-state index contributed by atoms with van der Waals surface area (Å²) >= 11 is 0. The number of nitrogens with one attached hydrogen (secondary N) is 1. The smallest absolute Gasteiger partial charge is 0.247 e. The van der Waals surface area contributed by atoms with Crippen molar-refractivity contribution < 1.29 is 9.53 Å². The van der Waals surface area contributed by atoms with Gasteiger partial charge in [-0.05, 0) is 61.6 Å². The monoisotopic (exact) mass is 387 g/mol. The first-order valence-electron chi connectivity index (χ1n) is 9.81. The van der Waals surface area contributed by atoms with Gasteiger partial charge < -0.3 is 14.6 Å². The number of benzene rings is 2. The van der Waals surface area contributed by atoms with Gasteiger partial charge in [-0.2, -0.15) is 0 Å². The molecule has 0 fully saturated rings. The maximum absolute atomic E-state index is 12.7. The Balaban J connectivity index is 1.52. The molecule has 1 N–H and O–H groups in total. The SMILES string of the molecule is COc1cc(/C=C(\C)C(=O)NC2CCc3ccccc32)ccc1-n1cnc(C)c1. The van der Waals surface area contributed by atoms with Gasteiger partial charge in [-0.25, -0.2) is 4.98 Å². The van der Waals surface area contributed by atoms with Crippen molar-refractivity contribution in [3.8, 4) is 11.4 Å². The molecule has 1 heterocycles. The van der Waals surface area contributed by atoms with Gasteiger partial charge in [0.2, 0.25) is 5.91 Å². The summed E-state index contributed by atoms with van der Waals surface area (Å²) in [7, 11) is 1.65. The van der Waals surface area contributed by atoms with E-state index in [1.165, 1.54) is 11.1 Å². The van der Waals surface area contributed by atoms with Gasteiger partial charge in [0.15, 0.2) is 0 Å². The first-order valence-corrected chi connectivity index (χ1v) is 9.81. The Bertz CT molecular complexity index is 1080. The van der Waals surface area contributed by atoms with E-state index in [0.717, 1.165) is 35.5 Å². The summed E-state index contributed by atoms with van der Waals surface area (Å²) in [5, 5.41) is 3.17. The van der Waals surface area contributed by atoms with Crippen LogP contribution in [0.4, 0.5) is 0 Å². The van der Waals surface area contributed by atoms with Crippen molar-refractivity contribution in [3.05, 3.63) is 82.9 Å². The Hall–Kier alpha value is -3.34. The summed E-state index contributed by atoms with van der Waals surface area (Å²) in [5.41, 5.74) is 6.00. The zero-order chi connectivity index (χ0) is 20.4. The number of hydrogen-bond acceptors (Lipinski definition) is 3. The number of nitrogens with zero attached hydrogens (tertiary/aromatic N) is 2. The molecule has 1 amide bonds. The predicted octanol–water partition coefficient (Wildman–Crippen LogP) is 4.40. The third-order valence-corrected chi connectivity index (χ3v) is 5.37. The summed E-state index contributed by atoms with van der Waals surface area (Å²) in [6.45, 7) is 3.79. The van der Waals surface area contributed by atoms with Crippen LogP contribution in [0.3, 0.4) is 0 Å². The number of fused-ring (bicyclic) bond motifs is 1. The Morgan fingerprint density at radius 1 is 1.28 bits per heavy atom. The normalized spacial score (nSPS) is 15.8. The Morgan fingerprint density at radius 3 is 2.86 bits per heavy atom. The number of carbonyl (C=O) groups is 1. The van der Waals surface area contributed by atoms with Gasteiger partial charge in [0.05, 0.1) is 30.9 Å². The molecule has 0 aliphatic heterocycles. The minimum Gasteiger partial charge on any atom is -0.495 e. The van der Waals surface area contributed by atoms with Crippen LogP contribution in [0.15, 0.2) is 60.6 Å². The fourth-order valence-corrected chi connectivity index (χ4v) is 3.84. The molecule has 1 atom stereocenters. The number of imidazole rings is 1. The molecule has 1 aliphatic carbocycles. The lowest BCUT2D eigenvalue weighted by Crippen LogP contribution is -2.27. The topological polar surface area (TPSA) is 56.1 Å². The maximum atomic E-state index is 12.7. The number of rotatable bonds is 5. The van der Waals surface area contributed by atoms with Crippen molar-refractivity contribution in [2.45, 2.75) is 32.7 Å². The lowest BCUT2D eigenvalue weighted by molar-refractivity contribution is -0.118. The van der Waals surface area contributed by atoms with Crippen LogP contribution in [0.5, 0.6) is 5.75 Å². The molecule has 1 aromatic heterocycles. The van der Waals surface area contributed by atoms with Gasteiger partial charge in [-0.1, -0.05) is 30.3 Å². The van der Waals surface area contributed by atoms with E-state index < -0.39 is 0 Å². The molecule has 5 heteroatoms. The molecule has 0 bridgehead atoms. The highest BCUT2D eigenvalue weighted by Gasteiger charge is 2.23. The summed E-state index contributed by atoms with van der Waals surface area (Å²) in [6, 6.07) is 14.3. The summed E-state index contributed by atoms with van der Waals surface area (Å²) in [5.74, 6) is 0.689. The third kappa shape index (κ3) is 3.94. The van der Waals surface area contributed by atoms with Gasteiger partial charge in [0.1, 0.15) is 5.75 Å². The van der Waals surface area contributed by atoms with Gasteiger partial charge >= 0.3 is 0 Å². The first-order chi connectivity index (χ1) is 14.0. The zero-order valence-corrected chi connectivity index (χ0v) is 17.0. The van der Waals surface area contributed by atoms with E-state index in [0.29, 0.717) is 5.57 Å². The van der Waals surface area contributed by atoms with Crippen LogP contribution in [-0.2, 0) is 11.2 Å². The second-order valence-corrected chi connectivity index (χ2v) is 7.44. The van der Waals surface area contributed by atoms with Crippen LogP contribution in [0, 0.1) is 6.92 Å². The Kier molecular flexibility index (Phi) is 5.21. The second-order valence-electron chi connectivity index (χ2n) is 7.44. The molecule has 0 radical (unpaired) electrons. The summed E-state index contributed by atoms with van der Waals surface area (Å²) in [4.78, 5) is 17.0. The van der Waals surface area contributed by atoms with E-state index in [9.17, 15) is 4.79 Å². The van der Waals surface area contributed by atoms with E-state index in [1.54, 1.807) is 13.4 Å². The molecule has 0 spiro atoms. The second kappa shape index (κ2) is 7.95. The van der Waals surface area contributed by atoms with Crippen molar-refractivity contribution in [2.75, 3.05) is 7.11 Å². The van der Waals surface area contributed by atoms with Crippen LogP contribution < -0.4 is 10.1 Å². The number of ether oxygens (including phenoxy) is 1. The largest absolute Gasteiger partial charge is 0.495 e. The Morgan fingerprint density at radius 2 is 2.10 bits per heavy atom. The number of amides is 1. The molecular formula is C24H25N3O2. The lowest BCUT2D eigenvalue weighted by Gasteiger charge is -2.15. The highest BCUT2D eigenvalue weighted by molar-refractivity contribution is 5.97. The first kappa shape index (κ1) is 19.0. The average molecular weight is 387 g/mol. The molecule has 1 aliphatic rings. The fraction of sp³-hybridized carbons (Fsp3) is 0.250. The minimum absolute atomic E-state index is 0.0417. The van der Waals surface area contributed by atoms with Gasteiger partial charge in [-0.3, -0.25) is 4.79 Å². The van der Waals surface area contributed by atoms with E-state index in [1.807, 2.05) is 55.0 Å². The molecule has 2 aromatic carbocycles. The lowest BCUT2D eigenvalue weighted by atomic mass is 10.1. The molecule has 5 nitrogen and oxygen atoms in total.